The Hall–Kier alpha value is -2.37. The van der Waals surface area contributed by atoms with Crippen LogP contribution in [0, 0.1) is 0 Å². The molecule has 6 heteroatoms. The molecule has 0 atom stereocenters. The molecule has 1 aromatic rings. The van der Waals surface area contributed by atoms with Gasteiger partial charge in [-0.1, -0.05) is 12.1 Å². The lowest BCUT2D eigenvalue weighted by molar-refractivity contribution is -0.143. The summed E-state index contributed by atoms with van der Waals surface area (Å²) in [5.41, 5.74) is 2.91. The van der Waals surface area contributed by atoms with Crippen molar-refractivity contribution in [3.05, 3.63) is 29.8 Å². The molecular weight excluding hydrogens is 250 g/mol. The molecule has 0 saturated carbocycles. The van der Waals surface area contributed by atoms with Crippen molar-refractivity contribution in [3.63, 3.8) is 0 Å². The van der Waals surface area contributed by atoms with Crippen LogP contribution in [0.2, 0.25) is 0 Å². The molecule has 19 heavy (non-hydrogen) atoms. The molecule has 0 bridgehead atoms. The minimum absolute atomic E-state index is 0.247. The third-order valence-electron chi connectivity index (χ3n) is 2.09. The number of hydrogen-bond acceptors (Lipinski definition) is 6. The van der Waals surface area contributed by atoms with Crippen LogP contribution in [0.1, 0.15) is 30.6 Å². The molecule has 0 unspecified atom stereocenters. The Morgan fingerprint density at radius 1 is 1.21 bits per heavy atom. The number of nitrogens with one attached hydrogen (secondary N) is 1. The number of anilines is 1. The van der Waals surface area contributed by atoms with E-state index in [1.54, 1.807) is 31.2 Å². The number of Topliss-reactive ketones (excluding diaryl/α,β-unsaturated/α-hetero) is 1. The van der Waals surface area contributed by atoms with Gasteiger partial charge in [-0.25, -0.2) is 15.1 Å². The topological polar surface area (TPSA) is 81.7 Å². The summed E-state index contributed by atoms with van der Waals surface area (Å²) in [7, 11) is 0. The van der Waals surface area contributed by atoms with Gasteiger partial charge in [0.1, 0.15) is 12.2 Å². The SMILES string of the molecule is CCOC(=O)c1ccccc1NOC(=O)CC(C)=O. The van der Waals surface area contributed by atoms with E-state index in [1.807, 2.05) is 0 Å². The Morgan fingerprint density at radius 2 is 1.89 bits per heavy atom. The number of rotatable bonds is 6. The van der Waals surface area contributed by atoms with E-state index in [2.05, 4.69) is 5.48 Å². The van der Waals surface area contributed by atoms with Gasteiger partial charge in [0, 0.05) is 0 Å². The highest BCUT2D eigenvalue weighted by molar-refractivity contribution is 5.96. The standard InChI is InChI=1S/C13H15NO5/c1-3-18-13(17)10-6-4-5-7-11(10)14-19-12(16)8-9(2)15/h4-7,14H,3,8H2,1-2H3. The average Bonchev–Trinajstić information content (AvgIpc) is 2.36. The van der Waals surface area contributed by atoms with Gasteiger partial charge in [-0.05, 0) is 26.0 Å². The van der Waals surface area contributed by atoms with Gasteiger partial charge in [-0.2, -0.15) is 0 Å². The molecule has 0 fully saturated rings. The summed E-state index contributed by atoms with van der Waals surface area (Å²) in [5.74, 6) is -1.54. The molecule has 0 saturated heterocycles. The first-order valence-electron chi connectivity index (χ1n) is 5.75. The highest BCUT2D eigenvalue weighted by Crippen LogP contribution is 2.16. The van der Waals surface area contributed by atoms with Gasteiger partial charge >= 0.3 is 11.9 Å². The van der Waals surface area contributed by atoms with Crippen LogP contribution in [0.5, 0.6) is 0 Å². The van der Waals surface area contributed by atoms with Crippen molar-refractivity contribution < 1.29 is 24.0 Å². The van der Waals surface area contributed by atoms with E-state index < -0.39 is 11.9 Å². The number of para-hydroxylation sites is 1. The molecule has 0 aliphatic heterocycles. The zero-order chi connectivity index (χ0) is 14.3. The number of ether oxygens (including phenoxy) is 1. The summed E-state index contributed by atoms with van der Waals surface area (Å²) in [4.78, 5) is 38.3. The first kappa shape index (κ1) is 14.7. The molecule has 0 amide bonds. The van der Waals surface area contributed by atoms with Crippen molar-refractivity contribution in [1.82, 2.24) is 0 Å². The van der Waals surface area contributed by atoms with Gasteiger partial charge in [0.2, 0.25) is 0 Å². The van der Waals surface area contributed by atoms with Gasteiger partial charge in [0.25, 0.3) is 0 Å². The molecule has 1 aromatic carbocycles. The average molecular weight is 265 g/mol. The Bertz CT molecular complexity index is 484. The number of benzene rings is 1. The van der Waals surface area contributed by atoms with Gasteiger partial charge in [0.15, 0.2) is 0 Å². The van der Waals surface area contributed by atoms with E-state index in [-0.39, 0.29) is 24.4 Å². The second-order valence-corrected chi connectivity index (χ2v) is 3.72. The molecule has 0 aliphatic rings. The van der Waals surface area contributed by atoms with Crippen molar-refractivity contribution in [3.8, 4) is 0 Å². The highest BCUT2D eigenvalue weighted by atomic mass is 16.7. The van der Waals surface area contributed by atoms with Crippen LogP contribution in [0.25, 0.3) is 0 Å². The van der Waals surface area contributed by atoms with Gasteiger partial charge in [-0.15, -0.1) is 0 Å². The molecule has 6 nitrogen and oxygen atoms in total. The van der Waals surface area contributed by atoms with Crippen LogP contribution < -0.4 is 5.48 Å². The minimum Gasteiger partial charge on any atom is -0.462 e. The van der Waals surface area contributed by atoms with Crippen molar-refractivity contribution in [1.29, 1.82) is 0 Å². The van der Waals surface area contributed by atoms with Crippen molar-refractivity contribution >= 4 is 23.4 Å². The summed E-state index contributed by atoms with van der Waals surface area (Å²) in [6.45, 7) is 3.23. The maximum Gasteiger partial charge on any atom is 0.340 e. The fourth-order valence-electron chi connectivity index (χ4n) is 1.31. The zero-order valence-corrected chi connectivity index (χ0v) is 10.8. The molecule has 0 radical (unpaired) electrons. The van der Waals surface area contributed by atoms with Crippen LogP contribution in [0.4, 0.5) is 5.69 Å². The van der Waals surface area contributed by atoms with Crippen molar-refractivity contribution in [2.75, 3.05) is 12.1 Å². The van der Waals surface area contributed by atoms with Crippen molar-refractivity contribution in [2.45, 2.75) is 20.3 Å². The van der Waals surface area contributed by atoms with E-state index in [9.17, 15) is 14.4 Å². The summed E-state index contributed by atoms with van der Waals surface area (Å²) < 4.78 is 4.87. The molecule has 1 N–H and O–H groups in total. The number of hydrogen-bond donors (Lipinski definition) is 1. The Balaban J connectivity index is 2.70. The maximum absolute atomic E-state index is 11.6. The van der Waals surface area contributed by atoms with E-state index in [0.29, 0.717) is 5.69 Å². The molecule has 1 rings (SSSR count). The first-order valence-corrected chi connectivity index (χ1v) is 5.75. The lowest BCUT2D eigenvalue weighted by Crippen LogP contribution is -2.15. The number of carbonyl (C=O) groups is 3. The van der Waals surface area contributed by atoms with E-state index >= 15 is 0 Å². The third kappa shape index (κ3) is 4.79. The van der Waals surface area contributed by atoms with E-state index in [4.69, 9.17) is 9.57 Å². The summed E-state index contributed by atoms with van der Waals surface area (Å²) >= 11 is 0. The Labute approximate surface area is 110 Å². The van der Waals surface area contributed by atoms with Gasteiger partial charge < -0.3 is 9.57 Å². The smallest absolute Gasteiger partial charge is 0.340 e. The lowest BCUT2D eigenvalue weighted by Gasteiger charge is -2.10. The van der Waals surface area contributed by atoms with Crippen LogP contribution in [-0.2, 0) is 19.2 Å². The molecule has 0 aromatic heterocycles. The number of esters is 1. The second kappa shape index (κ2) is 7.15. The second-order valence-electron chi connectivity index (χ2n) is 3.72. The number of carbonyl (C=O) groups excluding carboxylic acids is 3. The van der Waals surface area contributed by atoms with E-state index in [1.165, 1.54) is 6.92 Å². The van der Waals surface area contributed by atoms with Crippen LogP contribution in [0.15, 0.2) is 24.3 Å². The number of ketones is 1. The monoisotopic (exact) mass is 265 g/mol. The normalized spacial score (nSPS) is 9.58. The van der Waals surface area contributed by atoms with Crippen LogP contribution in [0.3, 0.4) is 0 Å². The van der Waals surface area contributed by atoms with Gasteiger partial charge in [0.05, 0.1) is 17.9 Å². The summed E-state index contributed by atoms with van der Waals surface area (Å²) in [6, 6.07) is 6.44. The van der Waals surface area contributed by atoms with E-state index in [0.717, 1.165) is 0 Å². The predicted octanol–water partition coefficient (Wildman–Crippen LogP) is 1.71. The molecule has 0 spiro atoms. The largest absolute Gasteiger partial charge is 0.462 e. The molecule has 0 heterocycles. The Morgan fingerprint density at radius 3 is 2.53 bits per heavy atom. The minimum atomic E-state index is -0.717. The quantitative estimate of drug-likeness (QED) is 0.479. The molecule has 0 aliphatic carbocycles. The zero-order valence-electron chi connectivity index (χ0n) is 10.8. The maximum atomic E-state index is 11.6. The molecular formula is C13H15NO5. The highest BCUT2D eigenvalue weighted by Gasteiger charge is 2.13. The fourth-order valence-corrected chi connectivity index (χ4v) is 1.31. The lowest BCUT2D eigenvalue weighted by atomic mass is 10.2. The first-order chi connectivity index (χ1) is 9.04. The summed E-state index contributed by atoms with van der Waals surface area (Å²) in [5, 5.41) is 0. The summed E-state index contributed by atoms with van der Waals surface area (Å²) in [6.07, 6.45) is -0.325. The Kier molecular flexibility index (Phi) is 5.53. The molecule has 102 valence electrons. The van der Waals surface area contributed by atoms with Gasteiger partial charge in [-0.3, -0.25) is 4.79 Å². The van der Waals surface area contributed by atoms with Crippen LogP contribution >= 0.6 is 0 Å². The third-order valence-corrected chi connectivity index (χ3v) is 2.09. The fraction of sp³-hybridized carbons (Fsp3) is 0.308. The van der Waals surface area contributed by atoms with Crippen LogP contribution in [-0.4, -0.2) is 24.3 Å². The van der Waals surface area contributed by atoms with Crippen molar-refractivity contribution in [2.24, 2.45) is 0 Å². The predicted molar refractivity (Wildman–Crippen MR) is 67.4 cm³/mol.